The number of piperazine rings is 1. The van der Waals surface area contributed by atoms with Crippen LogP contribution in [0.25, 0.3) is 0 Å². The second-order valence-electron chi connectivity index (χ2n) is 8.31. The van der Waals surface area contributed by atoms with Gasteiger partial charge in [0.2, 0.25) is 0 Å². The molecular weight excluding hydrogens is 397 g/mol. The fourth-order valence-electron chi connectivity index (χ4n) is 4.14. The van der Waals surface area contributed by atoms with Gasteiger partial charge in [-0.1, -0.05) is 26.0 Å². The number of nitrogens with zero attached hydrogens (tertiary/aromatic N) is 3. The van der Waals surface area contributed by atoms with E-state index in [1.807, 2.05) is 6.07 Å². The molecule has 2 aromatic rings. The Kier molecular flexibility index (Phi) is 8.26. The fraction of sp³-hybridized carbons (Fsp3) is 0.542. The van der Waals surface area contributed by atoms with E-state index >= 15 is 0 Å². The lowest BCUT2D eigenvalue weighted by Gasteiger charge is -2.35. The van der Waals surface area contributed by atoms with Crippen molar-refractivity contribution in [1.29, 1.82) is 5.26 Å². The Labute approximate surface area is 183 Å². The number of halogens is 1. The summed E-state index contributed by atoms with van der Waals surface area (Å²) in [6.07, 6.45) is 1.94. The highest BCUT2D eigenvalue weighted by Crippen LogP contribution is 2.39. The maximum Gasteiger partial charge on any atom is 0.126 e. The molecule has 0 N–H and O–H groups in total. The summed E-state index contributed by atoms with van der Waals surface area (Å²) in [5.41, 5.74) is -0.371. The van der Waals surface area contributed by atoms with Gasteiger partial charge in [-0.3, -0.25) is 4.90 Å². The van der Waals surface area contributed by atoms with E-state index in [2.05, 4.69) is 41.2 Å². The maximum absolute atomic E-state index is 13.2. The van der Waals surface area contributed by atoms with E-state index in [4.69, 9.17) is 4.74 Å². The number of benzene rings is 1. The predicted molar refractivity (Wildman–Crippen MR) is 120 cm³/mol. The average molecular weight is 430 g/mol. The van der Waals surface area contributed by atoms with Crippen LogP contribution in [0.1, 0.15) is 31.6 Å². The SMILES string of the molecule is CC(C)C(C#N)(CCCN1CCN(CCOc2cccc(F)c2)CC1)c1cccs1. The van der Waals surface area contributed by atoms with Gasteiger partial charge in [0.05, 0.1) is 11.5 Å². The summed E-state index contributed by atoms with van der Waals surface area (Å²) in [5.74, 6) is 0.625. The van der Waals surface area contributed by atoms with Gasteiger partial charge < -0.3 is 9.64 Å². The van der Waals surface area contributed by atoms with Crippen LogP contribution in [0.4, 0.5) is 4.39 Å². The van der Waals surface area contributed by atoms with Gasteiger partial charge in [0.25, 0.3) is 0 Å². The van der Waals surface area contributed by atoms with Crippen LogP contribution < -0.4 is 4.74 Å². The lowest BCUT2D eigenvalue weighted by Crippen LogP contribution is -2.47. The van der Waals surface area contributed by atoms with Gasteiger partial charge in [0.1, 0.15) is 18.2 Å². The van der Waals surface area contributed by atoms with Crippen molar-refractivity contribution in [3.8, 4) is 11.8 Å². The second-order valence-corrected chi connectivity index (χ2v) is 9.26. The molecule has 0 aliphatic carbocycles. The first kappa shape index (κ1) is 22.7. The molecule has 1 aliphatic rings. The number of nitriles is 1. The summed E-state index contributed by atoms with van der Waals surface area (Å²) in [7, 11) is 0. The Morgan fingerprint density at radius 1 is 1.13 bits per heavy atom. The van der Waals surface area contributed by atoms with Crippen molar-refractivity contribution < 1.29 is 9.13 Å². The summed E-state index contributed by atoms with van der Waals surface area (Å²) in [5, 5.41) is 12.0. The summed E-state index contributed by atoms with van der Waals surface area (Å²) in [4.78, 5) is 6.10. The van der Waals surface area contributed by atoms with E-state index in [-0.39, 0.29) is 11.2 Å². The Morgan fingerprint density at radius 3 is 2.47 bits per heavy atom. The van der Waals surface area contributed by atoms with Gasteiger partial charge in [-0.2, -0.15) is 5.26 Å². The molecule has 1 aromatic carbocycles. The summed E-state index contributed by atoms with van der Waals surface area (Å²) >= 11 is 1.70. The minimum Gasteiger partial charge on any atom is -0.492 e. The molecule has 2 heterocycles. The number of thiophene rings is 1. The Bertz CT molecular complexity index is 812. The van der Waals surface area contributed by atoms with E-state index in [1.165, 1.54) is 17.0 Å². The molecule has 0 bridgehead atoms. The molecule has 1 aromatic heterocycles. The van der Waals surface area contributed by atoms with Gasteiger partial charge in [-0.05, 0) is 48.9 Å². The van der Waals surface area contributed by atoms with Crippen LogP contribution >= 0.6 is 11.3 Å². The highest BCUT2D eigenvalue weighted by molar-refractivity contribution is 7.10. The maximum atomic E-state index is 13.2. The third-order valence-corrected chi connectivity index (χ3v) is 7.18. The van der Waals surface area contributed by atoms with E-state index in [9.17, 15) is 9.65 Å². The van der Waals surface area contributed by atoms with Crippen LogP contribution in [0.15, 0.2) is 41.8 Å². The number of hydrogen-bond acceptors (Lipinski definition) is 5. The predicted octanol–water partition coefficient (Wildman–Crippen LogP) is 4.78. The van der Waals surface area contributed by atoms with E-state index in [1.54, 1.807) is 23.5 Å². The topological polar surface area (TPSA) is 39.5 Å². The van der Waals surface area contributed by atoms with Crippen molar-refractivity contribution in [2.45, 2.75) is 32.1 Å². The molecule has 1 fully saturated rings. The molecule has 1 saturated heterocycles. The first-order chi connectivity index (χ1) is 14.5. The van der Waals surface area contributed by atoms with Crippen LogP contribution in [0, 0.1) is 23.1 Å². The number of rotatable bonds is 10. The van der Waals surface area contributed by atoms with Gasteiger partial charge in [-0.15, -0.1) is 11.3 Å². The minimum atomic E-state index is -0.371. The number of hydrogen-bond donors (Lipinski definition) is 0. The monoisotopic (exact) mass is 429 g/mol. The standard InChI is InChI=1S/C24H32FN3OS/c1-20(2)24(19-26,23-8-4-17-30-23)9-5-10-27-11-13-28(14-12-27)15-16-29-22-7-3-6-21(25)18-22/h3-4,6-8,17-18,20H,5,9-16H2,1-2H3. The van der Waals surface area contributed by atoms with E-state index in [0.717, 1.165) is 52.1 Å². The Hall–Kier alpha value is -1.94. The van der Waals surface area contributed by atoms with Crippen LogP contribution in [-0.4, -0.2) is 55.7 Å². The molecule has 3 rings (SSSR count). The molecule has 0 spiro atoms. The molecule has 1 aliphatic heterocycles. The van der Waals surface area contributed by atoms with Crippen molar-refractivity contribution in [1.82, 2.24) is 9.80 Å². The van der Waals surface area contributed by atoms with Crippen LogP contribution in [0.2, 0.25) is 0 Å². The largest absolute Gasteiger partial charge is 0.492 e. The zero-order valence-electron chi connectivity index (χ0n) is 18.0. The van der Waals surface area contributed by atoms with Crippen LogP contribution in [0.5, 0.6) is 5.75 Å². The van der Waals surface area contributed by atoms with Crippen molar-refractivity contribution in [2.75, 3.05) is 45.9 Å². The lowest BCUT2D eigenvalue weighted by molar-refractivity contribution is 0.114. The first-order valence-electron chi connectivity index (χ1n) is 10.8. The third kappa shape index (κ3) is 5.81. The first-order valence-corrected chi connectivity index (χ1v) is 11.7. The lowest BCUT2D eigenvalue weighted by atomic mass is 9.73. The van der Waals surface area contributed by atoms with Gasteiger partial charge >= 0.3 is 0 Å². The molecule has 4 nitrogen and oxygen atoms in total. The average Bonchev–Trinajstić information content (AvgIpc) is 3.27. The van der Waals surface area contributed by atoms with Crippen molar-refractivity contribution in [3.63, 3.8) is 0 Å². The van der Waals surface area contributed by atoms with E-state index in [0.29, 0.717) is 18.3 Å². The van der Waals surface area contributed by atoms with Gasteiger partial charge in [-0.25, -0.2) is 4.39 Å². The van der Waals surface area contributed by atoms with Crippen molar-refractivity contribution in [2.24, 2.45) is 5.92 Å². The molecule has 0 saturated carbocycles. The normalized spacial score (nSPS) is 17.6. The second kappa shape index (κ2) is 10.9. The fourth-order valence-corrected chi connectivity index (χ4v) is 5.19. The summed E-state index contributed by atoms with van der Waals surface area (Å²) in [6, 6.07) is 13.1. The van der Waals surface area contributed by atoms with Crippen LogP contribution in [0.3, 0.4) is 0 Å². The zero-order chi connectivity index (χ0) is 21.4. The molecule has 6 heteroatoms. The highest BCUT2D eigenvalue weighted by Gasteiger charge is 2.36. The molecule has 0 radical (unpaired) electrons. The Morgan fingerprint density at radius 2 is 1.87 bits per heavy atom. The molecule has 1 unspecified atom stereocenters. The van der Waals surface area contributed by atoms with Gasteiger partial charge in [0.15, 0.2) is 0 Å². The minimum absolute atomic E-state index is 0.266. The summed E-state index contributed by atoms with van der Waals surface area (Å²) < 4.78 is 18.9. The van der Waals surface area contributed by atoms with Gasteiger partial charge in [0, 0.05) is 43.7 Å². The molecular formula is C24H32FN3OS. The molecule has 30 heavy (non-hydrogen) atoms. The van der Waals surface area contributed by atoms with Crippen LogP contribution in [-0.2, 0) is 5.41 Å². The zero-order valence-corrected chi connectivity index (χ0v) is 18.8. The van der Waals surface area contributed by atoms with E-state index < -0.39 is 0 Å². The molecule has 162 valence electrons. The van der Waals surface area contributed by atoms with Crippen molar-refractivity contribution in [3.05, 3.63) is 52.5 Å². The quantitative estimate of drug-likeness (QED) is 0.545. The number of ether oxygens (including phenoxy) is 1. The Balaban J connectivity index is 1.38. The smallest absolute Gasteiger partial charge is 0.126 e. The van der Waals surface area contributed by atoms with Crippen molar-refractivity contribution >= 4 is 11.3 Å². The molecule has 1 atom stereocenters. The molecule has 0 amide bonds. The third-order valence-electron chi connectivity index (χ3n) is 6.13. The summed E-state index contributed by atoms with van der Waals surface area (Å²) in [6.45, 7) is 10.9. The highest BCUT2D eigenvalue weighted by atomic mass is 32.1.